The highest BCUT2D eigenvalue weighted by Gasteiger charge is 2.12. The SMILES string of the molecule is CSc1sc(I)cc1C(=O)O. The van der Waals surface area contributed by atoms with Crippen molar-refractivity contribution < 1.29 is 9.90 Å². The van der Waals surface area contributed by atoms with Gasteiger partial charge in [0.2, 0.25) is 0 Å². The number of aromatic carboxylic acids is 1. The first kappa shape index (κ1) is 9.34. The lowest BCUT2D eigenvalue weighted by Gasteiger charge is -1.90. The molecule has 0 bridgehead atoms. The number of hydrogen-bond acceptors (Lipinski definition) is 3. The Morgan fingerprint density at radius 1 is 1.82 bits per heavy atom. The molecule has 0 aliphatic rings. The van der Waals surface area contributed by atoms with Gasteiger partial charge in [-0.25, -0.2) is 4.79 Å². The minimum Gasteiger partial charge on any atom is -0.478 e. The van der Waals surface area contributed by atoms with Crippen molar-refractivity contribution in [3.8, 4) is 0 Å². The number of thioether (sulfide) groups is 1. The van der Waals surface area contributed by atoms with Gasteiger partial charge in [0.1, 0.15) is 0 Å². The van der Waals surface area contributed by atoms with E-state index in [9.17, 15) is 4.79 Å². The standard InChI is InChI=1S/C6H5IO2S2/c1-10-6-3(5(8)9)2-4(7)11-6/h2H,1H3,(H,8,9). The number of thiophene rings is 1. The quantitative estimate of drug-likeness (QED) is 0.674. The van der Waals surface area contributed by atoms with E-state index in [1.807, 2.05) is 6.26 Å². The zero-order valence-electron chi connectivity index (χ0n) is 5.63. The summed E-state index contributed by atoms with van der Waals surface area (Å²) < 4.78 is 1.89. The zero-order chi connectivity index (χ0) is 8.43. The normalized spacial score (nSPS) is 10.0. The van der Waals surface area contributed by atoms with Gasteiger partial charge < -0.3 is 5.11 Å². The lowest BCUT2D eigenvalue weighted by Crippen LogP contribution is -1.94. The number of hydrogen-bond donors (Lipinski definition) is 1. The summed E-state index contributed by atoms with van der Waals surface area (Å²) in [4.78, 5) is 10.6. The van der Waals surface area contributed by atoms with E-state index in [-0.39, 0.29) is 0 Å². The molecule has 1 rings (SSSR count). The van der Waals surface area contributed by atoms with Gasteiger partial charge >= 0.3 is 5.97 Å². The van der Waals surface area contributed by atoms with Gasteiger partial charge in [-0.1, -0.05) is 0 Å². The van der Waals surface area contributed by atoms with Crippen LogP contribution in [0.15, 0.2) is 10.3 Å². The molecule has 2 nitrogen and oxygen atoms in total. The van der Waals surface area contributed by atoms with E-state index in [2.05, 4.69) is 22.6 Å². The van der Waals surface area contributed by atoms with Crippen molar-refractivity contribution in [3.63, 3.8) is 0 Å². The minimum atomic E-state index is -0.839. The highest BCUT2D eigenvalue weighted by atomic mass is 127. The first-order valence-electron chi connectivity index (χ1n) is 2.71. The third-order valence-corrected chi connectivity index (χ3v) is 4.11. The average Bonchev–Trinajstić information content (AvgIpc) is 2.30. The van der Waals surface area contributed by atoms with Crippen molar-refractivity contribution in [3.05, 3.63) is 14.5 Å². The lowest BCUT2D eigenvalue weighted by atomic mass is 10.4. The summed E-state index contributed by atoms with van der Waals surface area (Å²) in [6, 6.07) is 1.69. The van der Waals surface area contributed by atoms with Gasteiger partial charge in [-0.3, -0.25) is 0 Å². The van der Waals surface area contributed by atoms with E-state index in [1.54, 1.807) is 6.07 Å². The van der Waals surface area contributed by atoms with E-state index in [0.717, 1.165) is 7.09 Å². The summed E-state index contributed by atoms with van der Waals surface area (Å²) >= 11 is 5.11. The fourth-order valence-electron chi connectivity index (χ4n) is 0.646. The number of rotatable bonds is 2. The van der Waals surface area contributed by atoms with Crippen LogP contribution >= 0.6 is 45.7 Å². The Balaban J connectivity index is 3.12. The first-order valence-corrected chi connectivity index (χ1v) is 5.83. The summed E-state index contributed by atoms with van der Waals surface area (Å²) in [5, 5.41) is 8.70. The molecule has 11 heavy (non-hydrogen) atoms. The third kappa shape index (κ3) is 2.09. The van der Waals surface area contributed by atoms with Crippen LogP contribution in [0.5, 0.6) is 0 Å². The highest BCUT2D eigenvalue weighted by molar-refractivity contribution is 14.1. The van der Waals surface area contributed by atoms with Crippen molar-refractivity contribution in [1.29, 1.82) is 0 Å². The monoisotopic (exact) mass is 300 g/mol. The molecule has 0 saturated carbocycles. The van der Waals surface area contributed by atoms with Gasteiger partial charge in [0.15, 0.2) is 0 Å². The summed E-state index contributed by atoms with van der Waals surface area (Å²) in [5.74, 6) is -0.839. The van der Waals surface area contributed by atoms with Crippen LogP contribution in [-0.2, 0) is 0 Å². The molecule has 0 aliphatic carbocycles. The van der Waals surface area contributed by atoms with Gasteiger partial charge in [0.25, 0.3) is 0 Å². The molecule has 1 aromatic rings. The molecule has 0 unspecified atom stereocenters. The second kappa shape index (κ2) is 3.77. The Kier molecular flexibility index (Phi) is 3.20. The van der Waals surface area contributed by atoms with Gasteiger partial charge in [-0.05, 0) is 34.9 Å². The summed E-state index contributed by atoms with van der Waals surface area (Å²) in [6.45, 7) is 0. The lowest BCUT2D eigenvalue weighted by molar-refractivity contribution is 0.0694. The molecule has 0 spiro atoms. The van der Waals surface area contributed by atoms with Crippen LogP contribution in [0.1, 0.15) is 10.4 Å². The number of carboxylic acids is 1. The maximum absolute atomic E-state index is 10.6. The molecule has 0 amide bonds. The average molecular weight is 300 g/mol. The van der Waals surface area contributed by atoms with Crippen LogP contribution in [0, 0.1) is 2.88 Å². The van der Waals surface area contributed by atoms with Gasteiger partial charge in [0, 0.05) is 0 Å². The second-order valence-electron chi connectivity index (χ2n) is 1.76. The molecule has 0 atom stereocenters. The maximum atomic E-state index is 10.6. The predicted octanol–water partition coefficient (Wildman–Crippen LogP) is 2.77. The van der Waals surface area contributed by atoms with Crippen molar-refractivity contribution in [2.75, 3.05) is 6.26 Å². The predicted molar refractivity (Wildman–Crippen MR) is 55.8 cm³/mol. The minimum absolute atomic E-state index is 0.423. The van der Waals surface area contributed by atoms with Crippen LogP contribution in [-0.4, -0.2) is 17.3 Å². The van der Waals surface area contributed by atoms with Gasteiger partial charge in [-0.15, -0.1) is 23.1 Å². The number of carbonyl (C=O) groups is 1. The first-order chi connectivity index (χ1) is 5.15. The van der Waals surface area contributed by atoms with E-state index >= 15 is 0 Å². The van der Waals surface area contributed by atoms with Crippen LogP contribution < -0.4 is 0 Å². The number of carboxylic acid groups (broad SMARTS) is 1. The summed E-state index contributed by atoms with van der Waals surface area (Å²) in [7, 11) is 0. The van der Waals surface area contributed by atoms with E-state index < -0.39 is 5.97 Å². The third-order valence-electron chi connectivity index (χ3n) is 1.08. The summed E-state index contributed by atoms with van der Waals surface area (Å²) in [6.07, 6.45) is 1.88. The molecule has 0 aliphatic heterocycles. The largest absolute Gasteiger partial charge is 0.478 e. The second-order valence-corrected chi connectivity index (χ2v) is 5.78. The van der Waals surface area contributed by atoms with Crippen LogP contribution in [0.25, 0.3) is 0 Å². The molecule has 0 saturated heterocycles. The van der Waals surface area contributed by atoms with Crippen LogP contribution in [0.4, 0.5) is 0 Å². The Hall–Kier alpha value is 0.250. The van der Waals surface area contributed by atoms with E-state index in [1.165, 1.54) is 23.1 Å². The van der Waals surface area contributed by atoms with Crippen molar-refractivity contribution in [1.82, 2.24) is 0 Å². The van der Waals surface area contributed by atoms with Crippen molar-refractivity contribution in [2.24, 2.45) is 0 Å². The fraction of sp³-hybridized carbons (Fsp3) is 0.167. The van der Waals surface area contributed by atoms with Crippen LogP contribution in [0.3, 0.4) is 0 Å². The molecule has 1 N–H and O–H groups in total. The fourth-order valence-corrected chi connectivity index (χ4v) is 3.65. The van der Waals surface area contributed by atoms with Crippen molar-refractivity contribution >= 4 is 51.7 Å². The Morgan fingerprint density at radius 3 is 2.82 bits per heavy atom. The Labute approximate surface area is 86.1 Å². The van der Waals surface area contributed by atoms with Crippen molar-refractivity contribution in [2.45, 2.75) is 4.21 Å². The molecule has 5 heteroatoms. The van der Waals surface area contributed by atoms with Gasteiger partial charge in [0.05, 0.1) is 12.7 Å². The molecule has 60 valence electrons. The zero-order valence-corrected chi connectivity index (χ0v) is 9.42. The van der Waals surface area contributed by atoms with E-state index in [4.69, 9.17) is 5.11 Å². The molecule has 0 radical (unpaired) electrons. The molecular formula is C6H5IO2S2. The Morgan fingerprint density at radius 2 is 2.45 bits per heavy atom. The maximum Gasteiger partial charge on any atom is 0.337 e. The molecule has 0 aromatic carbocycles. The smallest absolute Gasteiger partial charge is 0.337 e. The Bertz CT molecular complexity index is 282. The molecule has 0 fully saturated rings. The molecule has 1 heterocycles. The number of halogens is 1. The molecule has 1 aromatic heterocycles. The van der Waals surface area contributed by atoms with Crippen LogP contribution in [0.2, 0.25) is 0 Å². The van der Waals surface area contributed by atoms with E-state index in [0.29, 0.717) is 5.56 Å². The highest BCUT2D eigenvalue weighted by Crippen LogP contribution is 2.31. The van der Waals surface area contributed by atoms with Gasteiger partial charge in [-0.2, -0.15) is 0 Å². The molecular weight excluding hydrogens is 295 g/mol. The summed E-state index contributed by atoms with van der Waals surface area (Å²) in [5.41, 5.74) is 0.423. The topological polar surface area (TPSA) is 37.3 Å².